The van der Waals surface area contributed by atoms with E-state index in [4.69, 9.17) is 0 Å². The molecule has 0 bridgehead atoms. The van der Waals surface area contributed by atoms with Gasteiger partial charge in [0.25, 0.3) is 10.0 Å². The van der Waals surface area contributed by atoms with Gasteiger partial charge in [0, 0.05) is 66.9 Å². The Morgan fingerprint density at radius 1 is 0.906 bits per heavy atom. The summed E-state index contributed by atoms with van der Waals surface area (Å²) in [5, 5.41) is 0.948. The molecule has 1 aliphatic rings. The van der Waals surface area contributed by atoms with Crippen LogP contribution in [0.25, 0.3) is 10.9 Å². The van der Waals surface area contributed by atoms with Gasteiger partial charge >= 0.3 is 0 Å². The summed E-state index contributed by atoms with van der Waals surface area (Å²) in [6.45, 7) is 4.57. The average Bonchev–Trinajstić information content (AvgIpc) is 3.26. The Hall–Kier alpha value is -2.68. The molecule has 0 aliphatic carbocycles. The number of fused-ring (bicyclic) bond motifs is 1. The van der Waals surface area contributed by atoms with Crippen molar-refractivity contribution in [3.63, 3.8) is 0 Å². The van der Waals surface area contributed by atoms with Crippen LogP contribution in [0.15, 0.2) is 88.6 Å². The summed E-state index contributed by atoms with van der Waals surface area (Å²) in [6, 6.07) is 18.8. The molecule has 5 rings (SSSR count). The summed E-state index contributed by atoms with van der Waals surface area (Å²) in [7, 11) is -3.71. The van der Waals surface area contributed by atoms with Gasteiger partial charge in [0.1, 0.15) is 4.90 Å². The standard InChI is InChI=1S/C24H23BrN4O2S/c25-21-6-1-2-9-24(21)32(30,31)29-12-10-20-22(7-3-8-23(20)29)28-15-13-27(14-16-28)18-19-5-4-11-26-17-19/h1-12,17H,13-16,18H2. The van der Waals surface area contributed by atoms with Crippen molar-refractivity contribution in [2.75, 3.05) is 31.1 Å². The predicted octanol–water partition coefficient (Wildman–Crippen LogP) is 4.36. The molecule has 6 nitrogen and oxygen atoms in total. The normalized spacial score (nSPS) is 15.3. The van der Waals surface area contributed by atoms with E-state index in [1.165, 1.54) is 9.54 Å². The summed E-state index contributed by atoms with van der Waals surface area (Å²) in [6.07, 6.45) is 5.37. The molecule has 2 aromatic carbocycles. The van der Waals surface area contributed by atoms with Crippen LogP contribution in [-0.2, 0) is 16.6 Å². The Balaban J connectivity index is 1.40. The first-order chi connectivity index (χ1) is 15.5. The van der Waals surface area contributed by atoms with Gasteiger partial charge in [0.05, 0.1) is 5.52 Å². The summed E-state index contributed by atoms with van der Waals surface area (Å²) in [5.41, 5.74) is 2.98. The van der Waals surface area contributed by atoms with Gasteiger partial charge < -0.3 is 4.90 Å². The molecule has 164 valence electrons. The molecule has 1 saturated heterocycles. The number of nitrogens with zero attached hydrogens (tertiary/aromatic N) is 4. The third kappa shape index (κ3) is 3.94. The molecule has 0 spiro atoms. The zero-order valence-electron chi connectivity index (χ0n) is 17.4. The molecule has 0 atom stereocenters. The third-order valence-electron chi connectivity index (χ3n) is 5.89. The summed E-state index contributed by atoms with van der Waals surface area (Å²) >= 11 is 3.38. The first kappa shape index (κ1) is 21.2. The number of benzene rings is 2. The van der Waals surface area contributed by atoms with E-state index < -0.39 is 10.0 Å². The van der Waals surface area contributed by atoms with Crippen molar-refractivity contribution < 1.29 is 8.42 Å². The van der Waals surface area contributed by atoms with E-state index in [0.717, 1.165) is 43.8 Å². The lowest BCUT2D eigenvalue weighted by Gasteiger charge is -2.36. The van der Waals surface area contributed by atoms with Crippen molar-refractivity contribution in [1.82, 2.24) is 13.9 Å². The third-order valence-corrected chi connectivity index (χ3v) is 8.59. The SMILES string of the molecule is O=S(=O)(c1ccccc1Br)n1ccc2c(N3CCN(Cc4cccnc4)CC3)cccc21. The maximum atomic E-state index is 13.3. The summed E-state index contributed by atoms with van der Waals surface area (Å²) in [4.78, 5) is 9.23. The maximum Gasteiger partial charge on any atom is 0.269 e. The van der Waals surface area contributed by atoms with E-state index in [-0.39, 0.29) is 4.90 Å². The second-order valence-electron chi connectivity index (χ2n) is 7.88. The number of rotatable bonds is 5. The van der Waals surface area contributed by atoms with E-state index in [2.05, 4.69) is 42.8 Å². The zero-order chi connectivity index (χ0) is 22.1. The number of aromatic nitrogens is 2. The van der Waals surface area contributed by atoms with E-state index in [9.17, 15) is 8.42 Å². The summed E-state index contributed by atoms with van der Waals surface area (Å²) in [5.74, 6) is 0. The summed E-state index contributed by atoms with van der Waals surface area (Å²) < 4.78 is 28.6. The van der Waals surface area contributed by atoms with Gasteiger partial charge in [-0.3, -0.25) is 9.88 Å². The molecule has 0 unspecified atom stereocenters. The van der Waals surface area contributed by atoms with Gasteiger partial charge in [-0.1, -0.05) is 24.3 Å². The van der Waals surface area contributed by atoms with Crippen molar-refractivity contribution in [1.29, 1.82) is 0 Å². The quantitative estimate of drug-likeness (QED) is 0.399. The van der Waals surface area contributed by atoms with E-state index in [1.54, 1.807) is 30.6 Å². The van der Waals surface area contributed by atoms with Crippen LogP contribution in [0.2, 0.25) is 0 Å². The number of hydrogen-bond donors (Lipinski definition) is 0. The first-order valence-electron chi connectivity index (χ1n) is 10.5. The number of pyridine rings is 1. The molecule has 2 aromatic heterocycles. The van der Waals surface area contributed by atoms with Crippen molar-refractivity contribution in [3.8, 4) is 0 Å². The van der Waals surface area contributed by atoms with Crippen LogP contribution in [0.1, 0.15) is 5.56 Å². The number of halogens is 1. The van der Waals surface area contributed by atoms with Crippen molar-refractivity contribution >= 4 is 42.5 Å². The van der Waals surface area contributed by atoms with Gasteiger partial charge in [-0.05, 0) is 57.9 Å². The van der Waals surface area contributed by atoms with E-state index in [1.807, 2.05) is 36.5 Å². The van der Waals surface area contributed by atoms with Crippen LogP contribution < -0.4 is 4.90 Å². The van der Waals surface area contributed by atoms with Crippen LogP contribution in [0.5, 0.6) is 0 Å². The molecular weight excluding hydrogens is 488 g/mol. The van der Waals surface area contributed by atoms with Crippen molar-refractivity contribution in [2.45, 2.75) is 11.4 Å². The minimum absolute atomic E-state index is 0.256. The topological polar surface area (TPSA) is 58.4 Å². The highest BCUT2D eigenvalue weighted by atomic mass is 79.9. The number of piperazine rings is 1. The Morgan fingerprint density at radius 3 is 2.47 bits per heavy atom. The Kier molecular flexibility index (Phi) is 5.75. The highest BCUT2D eigenvalue weighted by molar-refractivity contribution is 9.10. The highest BCUT2D eigenvalue weighted by Crippen LogP contribution is 2.32. The number of hydrogen-bond acceptors (Lipinski definition) is 5. The van der Waals surface area contributed by atoms with Crippen LogP contribution in [0, 0.1) is 0 Å². The van der Waals surface area contributed by atoms with Crippen LogP contribution in [0.3, 0.4) is 0 Å². The largest absolute Gasteiger partial charge is 0.368 e. The van der Waals surface area contributed by atoms with Crippen molar-refractivity contribution in [3.05, 3.63) is 89.3 Å². The van der Waals surface area contributed by atoms with Crippen LogP contribution in [0.4, 0.5) is 5.69 Å². The minimum Gasteiger partial charge on any atom is -0.368 e. The molecule has 0 saturated carbocycles. The van der Waals surface area contributed by atoms with Crippen LogP contribution >= 0.6 is 15.9 Å². The first-order valence-corrected chi connectivity index (χ1v) is 12.7. The molecule has 4 aromatic rings. The molecular formula is C24H23BrN4O2S. The molecule has 0 N–H and O–H groups in total. The van der Waals surface area contributed by atoms with Gasteiger partial charge in [-0.15, -0.1) is 0 Å². The molecule has 32 heavy (non-hydrogen) atoms. The second kappa shape index (κ2) is 8.69. The maximum absolute atomic E-state index is 13.3. The van der Waals surface area contributed by atoms with E-state index in [0.29, 0.717) is 9.99 Å². The number of anilines is 1. The molecule has 8 heteroatoms. The molecule has 3 heterocycles. The lowest BCUT2D eigenvalue weighted by Crippen LogP contribution is -2.46. The lowest BCUT2D eigenvalue weighted by molar-refractivity contribution is 0.250. The monoisotopic (exact) mass is 510 g/mol. The van der Waals surface area contributed by atoms with E-state index >= 15 is 0 Å². The van der Waals surface area contributed by atoms with Crippen LogP contribution in [-0.4, -0.2) is 48.5 Å². The fourth-order valence-corrected chi connectivity index (χ4v) is 6.58. The van der Waals surface area contributed by atoms with Gasteiger partial charge in [-0.25, -0.2) is 12.4 Å². The van der Waals surface area contributed by atoms with Gasteiger partial charge in [0.2, 0.25) is 0 Å². The van der Waals surface area contributed by atoms with Gasteiger partial charge in [-0.2, -0.15) is 0 Å². The second-order valence-corrected chi connectivity index (χ2v) is 10.5. The van der Waals surface area contributed by atoms with Gasteiger partial charge in [0.15, 0.2) is 0 Å². The minimum atomic E-state index is -3.71. The molecule has 0 radical (unpaired) electrons. The Morgan fingerprint density at radius 2 is 1.72 bits per heavy atom. The zero-order valence-corrected chi connectivity index (χ0v) is 19.8. The highest BCUT2D eigenvalue weighted by Gasteiger charge is 2.24. The molecule has 1 aliphatic heterocycles. The predicted molar refractivity (Wildman–Crippen MR) is 130 cm³/mol. The fourth-order valence-electron chi connectivity index (χ4n) is 4.27. The smallest absolute Gasteiger partial charge is 0.269 e. The lowest BCUT2D eigenvalue weighted by atomic mass is 10.1. The van der Waals surface area contributed by atoms with Crippen molar-refractivity contribution in [2.24, 2.45) is 0 Å². The average molecular weight is 511 g/mol. The fraction of sp³-hybridized carbons (Fsp3) is 0.208. The Bertz CT molecular complexity index is 1350. The Labute approximate surface area is 196 Å². The molecule has 1 fully saturated rings. The molecule has 0 amide bonds.